The fourth-order valence-electron chi connectivity index (χ4n) is 2.35. The Kier molecular flexibility index (Phi) is 4.80. The van der Waals surface area contributed by atoms with E-state index in [1.54, 1.807) is 7.11 Å². The number of hydrogen-bond acceptors (Lipinski definition) is 4. The van der Waals surface area contributed by atoms with E-state index in [0.717, 1.165) is 37.0 Å². The van der Waals surface area contributed by atoms with Crippen LogP contribution in [0.15, 0.2) is 24.3 Å². The van der Waals surface area contributed by atoms with Gasteiger partial charge in [-0.3, -0.25) is 4.79 Å². The summed E-state index contributed by atoms with van der Waals surface area (Å²) in [5.74, 6) is 0.733. The molecule has 1 aliphatic carbocycles. The highest BCUT2D eigenvalue weighted by Gasteiger charge is 2.25. The van der Waals surface area contributed by atoms with Crippen molar-refractivity contribution in [3.8, 4) is 5.75 Å². The van der Waals surface area contributed by atoms with E-state index in [9.17, 15) is 4.79 Å². The van der Waals surface area contributed by atoms with Crippen LogP contribution < -0.4 is 10.5 Å². The zero-order valence-corrected chi connectivity index (χ0v) is 11.3. The van der Waals surface area contributed by atoms with E-state index in [1.807, 2.05) is 24.3 Å². The van der Waals surface area contributed by atoms with Gasteiger partial charge in [0, 0.05) is 6.04 Å². The van der Waals surface area contributed by atoms with Gasteiger partial charge >= 0.3 is 5.97 Å². The number of carbonyl (C=O) groups excluding carboxylic acids is 1. The number of nitrogens with two attached hydrogens (primary N) is 1. The molecule has 2 rings (SSSR count). The second kappa shape index (κ2) is 6.57. The summed E-state index contributed by atoms with van der Waals surface area (Å²) >= 11 is 0. The zero-order valence-electron chi connectivity index (χ0n) is 11.3. The largest absolute Gasteiger partial charge is 0.497 e. The standard InChI is InChI=1S/C15H21NO3/c1-18-14-8-2-11(3-9-14)10-19-15(17)12-4-6-13(16)7-5-12/h2-3,8-9,12-13H,4-7,10,16H2,1H3. The summed E-state index contributed by atoms with van der Waals surface area (Å²) in [6.07, 6.45) is 3.54. The number of hydrogen-bond donors (Lipinski definition) is 1. The Morgan fingerprint density at radius 1 is 1.21 bits per heavy atom. The first-order valence-electron chi connectivity index (χ1n) is 6.74. The van der Waals surface area contributed by atoms with Crippen LogP contribution in [-0.4, -0.2) is 19.1 Å². The summed E-state index contributed by atoms with van der Waals surface area (Å²) in [6.45, 7) is 0.325. The molecule has 4 nitrogen and oxygen atoms in total. The van der Waals surface area contributed by atoms with Gasteiger partial charge in [-0.2, -0.15) is 0 Å². The molecule has 1 aromatic rings. The second-order valence-electron chi connectivity index (χ2n) is 5.07. The quantitative estimate of drug-likeness (QED) is 0.846. The van der Waals surface area contributed by atoms with Crippen LogP contribution in [0.4, 0.5) is 0 Å². The summed E-state index contributed by atoms with van der Waals surface area (Å²) in [7, 11) is 1.63. The molecule has 0 aliphatic heterocycles. The summed E-state index contributed by atoms with van der Waals surface area (Å²) < 4.78 is 10.4. The molecule has 0 bridgehead atoms. The van der Waals surface area contributed by atoms with Gasteiger partial charge in [-0.15, -0.1) is 0 Å². The maximum atomic E-state index is 11.9. The first-order valence-corrected chi connectivity index (χ1v) is 6.74. The highest BCUT2D eigenvalue weighted by atomic mass is 16.5. The van der Waals surface area contributed by atoms with Gasteiger partial charge in [0.25, 0.3) is 0 Å². The molecule has 19 heavy (non-hydrogen) atoms. The molecule has 1 fully saturated rings. The zero-order chi connectivity index (χ0) is 13.7. The van der Waals surface area contributed by atoms with Crippen molar-refractivity contribution in [3.63, 3.8) is 0 Å². The molecule has 2 N–H and O–H groups in total. The maximum absolute atomic E-state index is 11.9. The van der Waals surface area contributed by atoms with Crippen LogP contribution >= 0.6 is 0 Å². The molecule has 0 radical (unpaired) electrons. The predicted molar refractivity (Wildman–Crippen MR) is 72.7 cm³/mol. The molecular formula is C15H21NO3. The molecule has 4 heteroatoms. The average molecular weight is 263 g/mol. The van der Waals surface area contributed by atoms with Gasteiger partial charge in [0.15, 0.2) is 0 Å². The number of methoxy groups -OCH3 is 1. The topological polar surface area (TPSA) is 61.5 Å². The second-order valence-corrected chi connectivity index (χ2v) is 5.07. The SMILES string of the molecule is COc1ccc(COC(=O)C2CCC(N)CC2)cc1. The van der Waals surface area contributed by atoms with Crippen molar-refractivity contribution in [3.05, 3.63) is 29.8 Å². The van der Waals surface area contributed by atoms with Gasteiger partial charge in [0.1, 0.15) is 12.4 Å². The lowest BCUT2D eigenvalue weighted by molar-refractivity contribution is -0.151. The molecule has 104 valence electrons. The van der Waals surface area contributed by atoms with Crippen molar-refractivity contribution in [2.75, 3.05) is 7.11 Å². The van der Waals surface area contributed by atoms with Gasteiger partial charge in [0.05, 0.1) is 13.0 Å². The van der Waals surface area contributed by atoms with Gasteiger partial charge in [-0.05, 0) is 43.4 Å². The number of ether oxygens (including phenoxy) is 2. The van der Waals surface area contributed by atoms with E-state index in [2.05, 4.69) is 0 Å². The normalized spacial score (nSPS) is 22.8. The molecule has 0 atom stereocenters. The molecule has 0 spiro atoms. The molecule has 1 saturated carbocycles. The highest BCUT2D eigenvalue weighted by Crippen LogP contribution is 2.24. The highest BCUT2D eigenvalue weighted by molar-refractivity contribution is 5.72. The predicted octanol–water partition coefficient (Wildman–Crippen LogP) is 2.26. The molecule has 0 aromatic heterocycles. The minimum Gasteiger partial charge on any atom is -0.497 e. The molecule has 0 heterocycles. The van der Waals surface area contributed by atoms with Crippen LogP contribution in [0.1, 0.15) is 31.2 Å². The average Bonchev–Trinajstić information content (AvgIpc) is 2.46. The Labute approximate surface area is 113 Å². The van der Waals surface area contributed by atoms with E-state index in [-0.39, 0.29) is 17.9 Å². The third-order valence-electron chi connectivity index (χ3n) is 3.65. The fourth-order valence-corrected chi connectivity index (χ4v) is 2.35. The van der Waals surface area contributed by atoms with Gasteiger partial charge in [-0.25, -0.2) is 0 Å². The summed E-state index contributed by atoms with van der Waals surface area (Å²) in [6, 6.07) is 7.79. The van der Waals surface area contributed by atoms with Crippen LogP contribution in [0, 0.1) is 5.92 Å². The monoisotopic (exact) mass is 263 g/mol. The Bertz CT molecular complexity index is 408. The van der Waals surface area contributed by atoms with Gasteiger partial charge in [-0.1, -0.05) is 12.1 Å². The van der Waals surface area contributed by atoms with E-state index in [4.69, 9.17) is 15.2 Å². The van der Waals surface area contributed by atoms with E-state index < -0.39 is 0 Å². The molecule has 0 amide bonds. The third-order valence-corrected chi connectivity index (χ3v) is 3.65. The molecule has 0 saturated heterocycles. The van der Waals surface area contributed by atoms with E-state index >= 15 is 0 Å². The molecule has 1 aliphatic rings. The maximum Gasteiger partial charge on any atom is 0.309 e. The van der Waals surface area contributed by atoms with Crippen LogP contribution in [-0.2, 0) is 16.1 Å². The Morgan fingerprint density at radius 3 is 2.42 bits per heavy atom. The van der Waals surface area contributed by atoms with Crippen LogP contribution in [0.25, 0.3) is 0 Å². The number of rotatable bonds is 4. The van der Waals surface area contributed by atoms with Gasteiger partial charge < -0.3 is 15.2 Å². The van der Waals surface area contributed by atoms with E-state index in [0.29, 0.717) is 6.61 Å². The first kappa shape index (κ1) is 13.9. The lowest BCUT2D eigenvalue weighted by atomic mass is 9.86. The summed E-state index contributed by atoms with van der Waals surface area (Å²) in [4.78, 5) is 11.9. The summed E-state index contributed by atoms with van der Waals surface area (Å²) in [5.41, 5.74) is 6.80. The fraction of sp³-hybridized carbons (Fsp3) is 0.533. The lowest BCUT2D eigenvalue weighted by Gasteiger charge is -2.24. The third kappa shape index (κ3) is 3.96. The van der Waals surface area contributed by atoms with Crippen molar-refractivity contribution >= 4 is 5.97 Å². The van der Waals surface area contributed by atoms with Crippen molar-refractivity contribution in [2.24, 2.45) is 11.7 Å². The minimum atomic E-state index is -0.0947. The molecular weight excluding hydrogens is 242 g/mol. The number of esters is 1. The van der Waals surface area contributed by atoms with Crippen LogP contribution in [0.2, 0.25) is 0 Å². The Hall–Kier alpha value is -1.55. The lowest BCUT2D eigenvalue weighted by Crippen LogP contribution is -2.30. The smallest absolute Gasteiger partial charge is 0.309 e. The molecule has 0 unspecified atom stereocenters. The first-order chi connectivity index (χ1) is 9.19. The number of benzene rings is 1. The van der Waals surface area contributed by atoms with Crippen molar-refractivity contribution in [1.29, 1.82) is 0 Å². The van der Waals surface area contributed by atoms with Gasteiger partial charge in [0.2, 0.25) is 0 Å². The summed E-state index contributed by atoms with van der Waals surface area (Å²) in [5, 5.41) is 0. The Balaban J connectivity index is 1.79. The van der Waals surface area contributed by atoms with Crippen molar-refractivity contribution in [2.45, 2.75) is 38.3 Å². The van der Waals surface area contributed by atoms with Crippen molar-refractivity contribution < 1.29 is 14.3 Å². The van der Waals surface area contributed by atoms with Crippen molar-refractivity contribution in [1.82, 2.24) is 0 Å². The van der Waals surface area contributed by atoms with E-state index in [1.165, 1.54) is 0 Å². The Morgan fingerprint density at radius 2 is 1.84 bits per heavy atom. The number of carbonyl (C=O) groups is 1. The van der Waals surface area contributed by atoms with Crippen LogP contribution in [0.3, 0.4) is 0 Å². The minimum absolute atomic E-state index is 0.0260. The molecule has 1 aromatic carbocycles. The van der Waals surface area contributed by atoms with Crippen LogP contribution in [0.5, 0.6) is 5.75 Å².